The van der Waals surface area contributed by atoms with Gasteiger partial charge < -0.3 is 0 Å². The molecule has 3 heterocycles. The van der Waals surface area contributed by atoms with Crippen LogP contribution in [-0.4, -0.2) is 19.7 Å². The monoisotopic (exact) mass is 377 g/mol. The second kappa shape index (κ2) is 4.67. The van der Waals surface area contributed by atoms with E-state index in [4.69, 9.17) is 0 Å². The molecule has 5 aliphatic rings. The second-order valence-electron chi connectivity index (χ2n) is 9.34. The lowest BCUT2D eigenvalue weighted by Crippen LogP contribution is -2.47. The van der Waals surface area contributed by atoms with Gasteiger partial charge in [-0.1, -0.05) is 51.1 Å². The molecule has 6 heteroatoms. The van der Waals surface area contributed by atoms with Gasteiger partial charge in [0.25, 0.3) is 0 Å². The molecule has 7 rings (SSSR count). The largest absolute Gasteiger partial charge is 0.352 e. The normalized spacial score (nSPS) is 39.2. The number of nitrogens with zero attached hydrogens (tertiary/aromatic N) is 3. The van der Waals surface area contributed by atoms with E-state index < -0.39 is 5.41 Å². The first-order valence-corrected chi connectivity index (χ1v) is 10.1. The summed E-state index contributed by atoms with van der Waals surface area (Å²) in [4.78, 5) is 39.8. The molecular formula is C22H23N3O3. The summed E-state index contributed by atoms with van der Waals surface area (Å²) >= 11 is 0. The van der Waals surface area contributed by atoms with Gasteiger partial charge in [-0.3, -0.25) is 4.79 Å². The standard InChI is InChI=1S/C22H23N3O3/c1-12(2)14-11-17(26)21(3)18-15-9-10-16(22(14,18)21)25-20(28)23(19(27)24(15)25)13-7-5-4-6-8-13/h4-10,12,14-16,18H,11H2,1-3H3/t14-,15?,16?,18+,21?,22?/m1/s1. The predicted molar refractivity (Wildman–Crippen MR) is 103 cm³/mol. The van der Waals surface area contributed by atoms with Crippen LogP contribution in [-0.2, 0) is 4.79 Å². The molecule has 0 saturated heterocycles. The molecule has 2 fully saturated rings. The van der Waals surface area contributed by atoms with Crippen LogP contribution in [0.15, 0.2) is 52.1 Å². The molecule has 1 aromatic carbocycles. The molecule has 4 unspecified atom stereocenters. The Morgan fingerprint density at radius 1 is 1.00 bits per heavy atom. The predicted octanol–water partition coefficient (Wildman–Crippen LogP) is 2.33. The van der Waals surface area contributed by atoms with Gasteiger partial charge in [0.1, 0.15) is 5.78 Å². The summed E-state index contributed by atoms with van der Waals surface area (Å²) in [7, 11) is 0. The van der Waals surface area contributed by atoms with E-state index in [0.717, 1.165) is 0 Å². The molecule has 0 N–H and O–H groups in total. The highest BCUT2D eigenvalue weighted by Gasteiger charge is 2.89. The first kappa shape index (κ1) is 16.3. The van der Waals surface area contributed by atoms with Crippen LogP contribution >= 0.6 is 0 Å². The van der Waals surface area contributed by atoms with E-state index in [0.29, 0.717) is 23.8 Å². The molecule has 0 amide bonds. The molecule has 2 saturated carbocycles. The highest BCUT2D eigenvalue weighted by atomic mass is 16.2. The summed E-state index contributed by atoms with van der Waals surface area (Å²) < 4.78 is 4.53. The van der Waals surface area contributed by atoms with Crippen molar-refractivity contribution in [2.75, 3.05) is 0 Å². The van der Waals surface area contributed by atoms with Crippen LogP contribution in [0, 0.1) is 28.6 Å². The fourth-order valence-electron chi connectivity index (χ4n) is 7.23. The molecule has 2 aliphatic heterocycles. The van der Waals surface area contributed by atoms with Gasteiger partial charge in [-0.25, -0.2) is 23.5 Å². The molecule has 144 valence electrons. The minimum Gasteiger partial charge on any atom is -0.299 e. The van der Waals surface area contributed by atoms with Crippen LogP contribution in [0.25, 0.3) is 5.69 Å². The van der Waals surface area contributed by atoms with Crippen molar-refractivity contribution >= 4 is 5.78 Å². The number of benzene rings is 1. The highest BCUT2D eigenvalue weighted by Crippen LogP contribution is 2.87. The van der Waals surface area contributed by atoms with Crippen molar-refractivity contribution in [1.82, 2.24) is 13.9 Å². The van der Waals surface area contributed by atoms with Gasteiger partial charge in [0, 0.05) is 23.2 Å². The number of Topliss-reactive ketones (excluding diaryl/α,β-unsaturated/α-hetero) is 1. The molecule has 2 aromatic rings. The Kier molecular flexibility index (Phi) is 2.73. The number of aromatic nitrogens is 3. The Morgan fingerprint density at radius 2 is 1.68 bits per heavy atom. The lowest BCUT2D eigenvalue weighted by Gasteiger charge is -2.43. The van der Waals surface area contributed by atoms with Gasteiger partial charge in [0.05, 0.1) is 17.8 Å². The van der Waals surface area contributed by atoms with Gasteiger partial charge in [0.15, 0.2) is 0 Å². The third-order valence-electron chi connectivity index (χ3n) is 8.24. The van der Waals surface area contributed by atoms with Crippen molar-refractivity contribution in [3.63, 3.8) is 0 Å². The van der Waals surface area contributed by atoms with Crippen LogP contribution in [0.4, 0.5) is 0 Å². The van der Waals surface area contributed by atoms with Gasteiger partial charge in [-0.05, 0) is 24.0 Å². The fourth-order valence-corrected chi connectivity index (χ4v) is 7.23. The van der Waals surface area contributed by atoms with Crippen molar-refractivity contribution in [2.24, 2.45) is 28.6 Å². The summed E-state index contributed by atoms with van der Waals surface area (Å²) in [6, 6.07) is 8.61. The number of carbonyl (C=O) groups is 1. The third kappa shape index (κ3) is 1.40. The maximum Gasteiger partial charge on any atom is 0.352 e. The number of hydrogen-bond acceptors (Lipinski definition) is 3. The summed E-state index contributed by atoms with van der Waals surface area (Å²) in [6.45, 7) is 6.41. The lowest BCUT2D eigenvalue weighted by atomic mass is 9.71. The minimum atomic E-state index is -0.441. The zero-order valence-electron chi connectivity index (χ0n) is 16.2. The molecule has 28 heavy (non-hydrogen) atoms. The topological polar surface area (TPSA) is 66.0 Å². The van der Waals surface area contributed by atoms with Crippen LogP contribution < -0.4 is 11.4 Å². The molecular weight excluding hydrogens is 354 g/mol. The average Bonchev–Trinajstić information content (AvgIpc) is 3.09. The van der Waals surface area contributed by atoms with Gasteiger partial charge >= 0.3 is 11.4 Å². The van der Waals surface area contributed by atoms with E-state index >= 15 is 0 Å². The van der Waals surface area contributed by atoms with Crippen LogP contribution in [0.2, 0.25) is 0 Å². The van der Waals surface area contributed by atoms with E-state index in [1.807, 2.05) is 24.3 Å². The van der Waals surface area contributed by atoms with Gasteiger partial charge in [0.2, 0.25) is 0 Å². The van der Waals surface area contributed by atoms with Gasteiger partial charge in [-0.2, -0.15) is 0 Å². The number of allylic oxidation sites excluding steroid dienone is 2. The third-order valence-corrected chi connectivity index (χ3v) is 8.24. The average molecular weight is 377 g/mol. The number of rotatable bonds is 2. The maximum atomic E-state index is 13.4. The summed E-state index contributed by atoms with van der Waals surface area (Å²) in [5.74, 6) is 1.00. The van der Waals surface area contributed by atoms with Crippen molar-refractivity contribution in [2.45, 2.75) is 39.3 Å². The van der Waals surface area contributed by atoms with E-state index in [-0.39, 0.29) is 40.7 Å². The number of hydrogen-bond donors (Lipinski definition) is 0. The second-order valence-corrected chi connectivity index (χ2v) is 9.34. The molecule has 3 aliphatic carbocycles. The van der Waals surface area contributed by atoms with E-state index in [1.54, 1.807) is 21.5 Å². The fraction of sp³-hybridized carbons (Fsp3) is 0.500. The van der Waals surface area contributed by atoms with Crippen LogP contribution in [0.3, 0.4) is 0 Å². The van der Waals surface area contributed by atoms with Crippen LogP contribution in [0.5, 0.6) is 0 Å². The zero-order chi connectivity index (χ0) is 19.6. The minimum absolute atomic E-state index is 0.104. The smallest absolute Gasteiger partial charge is 0.299 e. The lowest BCUT2D eigenvalue weighted by molar-refractivity contribution is -0.123. The Hall–Kier alpha value is -2.63. The van der Waals surface area contributed by atoms with Crippen molar-refractivity contribution in [3.8, 4) is 5.69 Å². The Balaban J connectivity index is 1.63. The Labute approximate surface area is 162 Å². The molecule has 0 radical (unpaired) electrons. The van der Waals surface area contributed by atoms with E-state index in [2.05, 4.69) is 26.8 Å². The number of para-hydroxylation sites is 1. The Bertz CT molecular complexity index is 1180. The van der Waals surface area contributed by atoms with Crippen molar-refractivity contribution in [1.29, 1.82) is 0 Å². The Morgan fingerprint density at radius 3 is 2.36 bits per heavy atom. The highest BCUT2D eigenvalue weighted by molar-refractivity contribution is 5.94. The summed E-state index contributed by atoms with van der Waals surface area (Å²) in [6.07, 6.45) is 4.71. The quantitative estimate of drug-likeness (QED) is 0.755. The first-order chi connectivity index (χ1) is 13.4. The molecule has 6 atom stereocenters. The summed E-state index contributed by atoms with van der Waals surface area (Å²) in [5.41, 5.74) is -0.713. The maximum absolute atomic E-state index is 13.4. The molecule has 6 nitrogen and oxygen atoms in total. The first-order valence-electron chi connectivity index (χ1n) is 10.1. The number of ketones is 1. The molecule has 1 spiro atoms. The zero-order valence-corrected chi connectivity index (χ0v) is 16.2. The molecule has 1 aromatic heterocycles. The van der Waals surface area contributed by atoms with E-state index in [1.165, 1.54) is 4.57 Å². The summed E-state index contributed by atoms with van der Waals surface area (Å²) in [5, 5.41) is 0. The van der Waals surface area contributed by atoms with Gasteiger partial charge in [-0.15, -0.1) is 0 Å². The molecule has 2 bridgehead atoms. The van der Waals surface area contributed by atoms with Crippen LogP contribution in [0.1, 0.15) is 39.3 Å². The van der Waals surface area contributed by atoms with Crippen molar-refractivity contribution in [3.05, 3.63) is 63.5 Å². The van der Waals surface area contributed by atoms with Crippen molar-refractivity contribution < 1.29 is 4.79 Å². The van der Waals surface area contributed by atoms with E-state index in [9.17, 15) is 14.4 Å². The SMILES string of the molecule is CC(C)[C@H]1CC(=O)C2(C)[C@@H]3C4C=CC(n5c(=O)n(-c6ccccc6)c(=O)n54)C132. The number of carbonyl (C=O) groups excluding carboxylic acids is 1.